The van der Waals surface area contributed by atoms with Crippen LogP contribution in [0.2, 0.25) is 5.02 Å². The van der Waals surface area contributed by atoms with Crippen LogP contribution < -0.4 is 5.32 Å². The van der Waals surface area contributed by atoms with E-state index in [1.807, 2.05) is 24.3 Å². The van der Waals surface area contributed by atoms with Crippen molar-refractivity contribution in [3.05, 3.63) is 46.6 Å². The summed E-state index contributed by atoms with van der Waals surface area (Å²) >= 11 is 6.42. The highest BCUT2D eigenvalue weighted by atomic mass is 35.5. The zero-order valence-corrected chi connectivity index (χ0v) is 17.0. The van der Waals surface area contributed by atoms with Crippen molar-refractivity contribution in [1.29, 1.82) is 0 Å². The number of aromatic nitrogens is 2. The van der Waals surface area contributed by atoms with Gasteiger partial charge in [-0.15, -0.1) is 0 Å². The molecule has 1 fully saturated rings. The smallest absolute Gasteiger partial charge is 0.227 e. The Hall–Kier alpha value is -1.96. The molecule has 1 saturated heterocycles. The number of aryl methyl sites for hydroxylation is 2. The monoisotopic (exact) mass is 406 g/mol. The number of amides is 1. The molecule has 1 aliphatic heterocycles. The van der Waals surface area contributed by atoms with E-state index in [2.05, 4.69) is 27.3 Å². The van der Waals surface area contributed by atoms with Crippen LogP contribution in [0.4, 0.5) is 0 Å². The van der Waals surface area contributed by atoms with Crippen LogP contribution in [0.1, 0.15) is 43.1 Å². The molecule has 2 aromatic rings. The van der Waals surface area contributed by atoms with Crippen LogP contribution in [0.5, 0.6) is 0 Å². The van der Waals surface area contributed by atoms with Crippen molar-refractivity contribution in [3.63, 3.8) is 0 Å². The molecule has 0 spiro atoms. The van der Waals surface area contributed by atoms with Gasteiger partial charge in [-0.3, -0.25) is 9.69 Å². The van der Waals surface area contributed by atoms with E-state index in [9.17, 15) is 4.79 Å². The number of carbonyl (C=O) groups is 1. The number of benzene rings is 1. The van der Waals surface area contributed by atoms with Crippen LogP contribution in [0.3, 0.4) is 0 Å². The number of halogens is 1. The van der Waals surface area contributed by atoms with Gasteiger partial charge in [-0.2, -0.15) is 4.98 Å². The van der Waals surface area contributed by atoms with Gasteiger partial charge in [-0.05, 0) is 18.1 Å². The Labute approximate surface area is 170 Å². The second kappa shape index (κ2) is 10.5. The average Bonchev–Trinajstić information content (AvgIpc) is 3.16. The van der Waals surface area contributed by atoms with Crippen molar-refractivity contribution in [2.75, 3.05) is 32.8 Å². The van der Waals surface area contributed by atoms with Crippen LogP contribution in [-0.4, -0.2) is 53.8 Å². The van der Waals surface area contributed by atoms with Gasteiger partial charge in [-0.25, -0.2) is 0 Å². The highest BCUT2D eigenvalue weighted by Gasteiger charge is 2.24. The predicted octanol–water partition coefficient (Wildman–Crippen LogP) is 2.80. The molecule has 152 valence electrons. The highest BCUT2D eigenvalue weighted by Crippen LogP contribution is 2.27. The largest absolute Gasteiger partial charge is 0.379 e. The summed E-state index contributed by atoms with van der Waals surface area (Å²) in [4.78, 5) is 19.0. The van der Waals surface area contributed by atoms with Crippen LogP contribution in [-0.2, 0) is 22.4 Å². The van der Waals surface area contributed by atoms with E-state index in [1.165, 1.54) is 0 Å². The molecule has 1 atom stereocenters. The van der Waals surface area contributed by atoms with Gasteiger partial charge in [0.2, 0.25) is 11.8 Å². The van der Waals surface area contributed by atoms with Gasteiger partial charge in [0.05, 0.1) is 19.3 Å². The Morgan fingerprint density at radius 1 is 1.29 bits per heavy atom. The van der Waals surface area contributed by atoms with Gasteiger partial charge in [-0.1, -0.05) is 41.9 Å². The van der Waals surface area contributed by atoms with E-state index < -0.39 is 0 Å². The molecule has 1 amide bonds. The summed E-state index contributed by atoms with van der Waals surface area (Å²) in [5.74, 6) is 1.17. The van der Waals surface area contributed by atoms with E-state index in [-0.39, 0.29) is 11.9 Å². The summed E-state index contributed by atoms with van der Waals surface area (Å²) in [5.41, 5.74) is 1.02. The van der Waals surface area contributed by atoms with Gasteiger partial charge in [0, 0.05) is 43.9 Å². The maximum atomic E-state index is 12.4. The lowest BCUT2D eigenvalue weighted by Gasteiger charge is -2.35. The van der Waals surface area contributed by atoms with Gasteiger partial charge < -0.3 is 14.6 Å². The van der Waals surface area contributed by atoms with E-state index in [1.54, 1.807) is 0 Å². The average molecular weight is 407 g/mol. The third kappa shape index (κ3) is 5.77. The van der Waals surface area contributed by atoms with Crippen LogP contribution in [0.15, 0.2) is 28.8 Å². The first-order valence-electron chi connectivity index (χ1n) is 9.81. The van der Waals surface area contributed by atoms with Crippen molar-refractivity contribution in [3.8, 4) is 0 Å². The molecule has 1 unspecified atom stereocenters. The Morgan fingerprint density at radius 2 is 2.07 bits per heavy atom. The number of nitrogens with one attached hydrogen (secondary N) is 1. The summed E-state index contributed by atoms with van der Waals surface area (Å²) in [7, 11) is 0. The van der Waals surface area contributed by atoms with E-state index >= 15 is 0 Å². The zero-order chi connectivity index (χ0) is 19.8. The molecule has 0 aliphatic carbocycles. The fraction of sp³-hybridized carbons (Fsp3) is 0.550. The summed E-state index contributed by atoms with van der Waals surface area (Å²) in [6.07, 6.45) is 2.50. The summed E-state index contributed by atoms with van der Waals surface area (Å²) in [5, 5.41) is 7.67. The maximum Gasteiger partial charge on any atom is 0.227 e. The first-order chi connectivity index (χ1) is 13.7. The number of hydrogen-bond donors (Lipinski definition) is 1. The van der Waals surface area contributed by atoms with Crippen molar-refractivity contribution in [1.82, 2.24) is 20.4 Å². The van der Waals surface area contributed by atoms with Gasteiger partial charge in [0.1, 0.15) is 0 Å². The van der Waals surface area contributed by atoms with Gasteiger partial charge in [0.25, 0.3) is 0 Å². The Bertz CT molecular complexity index is 761. The number of nitrogens with zero attached hydrogens (tertiary/aromatic N) is 3. The van der Waals surface area contributed by atoms with Crippen molar-refractivity contribution in [2.45, 2.75) is 38.6 Å². The molecule has 28 heavy (non-hydrogen) atoms. The number of hydrogen-bond acceptors (Lipinski definition) is 6. The topological polar surface area (TPSA) is 80.5 Å². The number of rotatable bonds is 9. The molecule has 8 heteroatoms. The number of morpholine rings is 1. The molecule has 7 nitrogen and oxygen atoms in total. The highest BCUT2D eigenvalue weighted by molar-refractivity contribution is 6.31. The molecule has 0 bridgehead atoms. The standard InChI is InChI=1S/C20H27ClN4O3/c1-2-5-18-23-20(28-24-18)9-8-19(26)22-14-17(25-10-12-27-13-11-25)15-6-3-4-7-16(15)21/h3-4,6-7,17H,2,5,8-14H2,1H3,(H,22,26). The van der Waals surface area contributed by atoms with E-state index in [4.69, 9.17) is 20.9 Å². The molecule has 0 saturated carbocycles. The molecular formula is C20H27ClN4O3. The fourth-order valence-electron chi connectivity index (χ4n) is 3.31. The van der Waals surface area contributed by atoms with Gasteiger partial charge >= 0.3 is 0 Å². The molecule has 2 heterocycles. The van der Waals surface area contributed by atoms with Crippen molar-refractivity contribution >= 4 is 17.5 Å². The lowest BCUT2D eigenvalue weighted by molar-refractivity contribution is -0.121. The third-order valence-corrected chi connectivity index (χ3v) is 5.14. The maximum absolute atomic E-state index is 12.4. The van der Waals surface area contributed by atoms with E-state index in [0.717, 1.165) is 31.5 Å². The predicted molar refractivity (Wildman–Crippen MR) is 106 cm³/mol. The Morgan fingerprint density at radius 3 is 2.82 bits per heavy atom. The normalized spacial score (nSPS) is 16.1. The second-order valence-corrected chi connectivity index (χ2v) is 7.25. The minimum Gasteiger partial charge on any atom is -0.379 e. The Kier molecular flexibility index (Phi) is 7.82. The lowest BCUT2D eigenvalue weighted by Crippen LogP contribution is -2.44. The molecule has 1 N–H and O–H groups in total. The van der Waals surface area contributed by atoms with Gasteiger partial charge in [0.15, 0.2) is 5.82 Å². The Balaban J connectivity index is 1.56. The lowest BCUT2D eigenvalue weighted by atomic mass is 10.0. The van der Waals surface area contributed by atoms with Crippen molar-refractivity contribution < 1.29 is 14.1 Å². The van der Waals surface area contributed by atoms with Crippen LogP contribution >= 0.6 is 11.6 Å². The number of ether oxygens (including phenoxy) is 1. The first kappa shape index (κ1) is 20.8. The summed E-state index contributed by atoms with van der Waals surface area (Å²) in [6.45, 7) is 5.56. The third-order valence-electron chi connectivity index (χ3n) is 4.79. The first-order valence-corrected chi connectivity index (χ1v) is 10.2. The fourth-order valence-corrected chi connectivity index (χ4v) is 3.57. The molecule has 0 radical (unpaired) electrons. The summed E-state index contributed by atoms with van der Waals surface area (Å²) in [6, 6.07) is 7.80. The minimum atomic E-state index is -0.0412. The van der Waals surface area contributed by atoms with Crippen LogP contribution in [0, 0.1) is 0 Å². The van der Waals surface area contributed by atoms with Crippen molar-refractivity contribution in [2.24, 2.45) is 0 Å². The molecule has 3 rings (SSSR count). The second-order valence-electron chi connectivity index (χ2n) is 6.84. The van der Waals surface area contributed by atoms with Crippen LogP contribution in [0.25, 0.3) is 0 Å². The quantitative estimate of drug-likeness (QED) is 0.689. The SMILES string of the molecule is CCCc1noc(CCC(=O)NCC(c2ccccc2Cl)N2CCOCC2)n1. The molecule has 1 aromatic heterocycles. The zero-order valence-electron chi connectivity index (χ0n) is 16.2. The minimum absolute atomic E-state index is 0.0149. The molecule has 1 aromatic carbocycles. The molecule has 1 aliphatic rings. The number of carbonyl (C=O) groups excluding carboxylic acids is 1. The molecular weight excluding hydrogens is 380 g/mol. The van der Waals surface area contributed by atoms with E-state index in [0.29, 0.717) is 49.3 Å². The summed E-state index contributed by atoms with van der Waals surface area (Å²) < 4.78 is 10.7.